The van der Waals surface area contributed by atoms with Crippen LogP contribution in [0.3, 0.4) is 0 Å². The standard InChI is InChI=1S/C23H27FN6O2/c1-2-25-21(31)14-5-7-16(8-6-14)27-23-26-11-19(24)20(28-23)29-12-17-9-10-18(13-29)30(17)22(32)15-3-4-15/h5-8,11,15,17-18H,2-4,9-10,12-13H2,1H3,(H,25,31)(H,26,27,28). The average Bonchev–Trinajstić information content (AvgIpc) is 3.60. The molecule has 1 aliphatic carbocycles. The molecule has 2 unspecified atom stereocenters. The fourth-order valence-corrected chi connectivity index (χ4v) is 4.71. The van der Waals surface area contributed by atoms with Gasteiger partial charge in [0.2, 0.25) is 11.9 Å². The van der Waals surface area contributed by atoms with Crippen LogP contribution in [0, 0.1) is 11.7 Å². The molecule has 8 nitrogen and oxygen atoms in total. The molecule has 3 fully saturated rings. The van der Waals surface area contributed by atoms with Gasteiger partial charge in [-0.05, 0) is 56.9 Å². The van der Waals surface area contributed by atoms with Crippen LogP contribution in [0.25, 0.3) is 0 Å². The first-order chi connectivity index (χ1) is 15.5. The molecule has 2 atom stereocenters. The summed E-state index contributed by atoms with van der Waals surface area (Å²) in [5.74, 6) is 0.430. The Hall–Kier alpha value is -3.23. The number of halogens is 1. The third-order valence-corrected chi connectivity index (χ3v) is 6.43. The van der Waals surface area contributed by atoms with Crippen LogP contribution in [0.5, 0.6) is 0 Å². The highest BCUT2D eigenvalue weighted by Crippen LogP contribution is 2.39. The normalized spacial score (nSPS) is 22.1. The Kier molecular flexibility index (Phi) is 5.40. The average molecular weight is 439 g/mol. The van der Waals surface area contributed by atoms with E-state index in [-0.39, 0.29) is 41.6 Å². The van der Waals surface area contributed by atoms with Crippen molar-refractivity contribution in [2.75, 3.05) is 29.9 Å². The predicted octanol–water partition coefficient (Wildman–Crippen LogP) is 2.70. The molecule has 0 radical (unpaired) electrons. The molecule has 2 aliphatic heterocycles. The molecular formula is C23H27FN6O2. The van der Waals surface area contributed by atoms with Gasteiger partial charge in [-0.3, -0.25) is 9.59 Å². The molecule has 1 aromatic carbocycles. The maximum atomic E-state index is 14.7. The van der Waals surface area contributed by atoms with E-state index in [4.69, 9.17) is 0 Å². The highest BCUT2D eigenvalue weighted by molar-refractivity contribution is 5.94. The number of nitrogens with one attached hydrogen (secondary N) is 2. The third kappa shape index (κ3) is 3.99. The van der Waals surface area contributed by atoms with Crippen LogP contribution in [0.4, 0.5) is 21.8 Å². The largest absolute Gasteiger partial charge is 0.352 e. The minimum Gasteiger partial charge on any atom is -0.352 e. The second kappa shape index (κ2) is 8.37. The highest BCUT2D eigenvalue weighted by atomic mass is 19.1. The Balaban J connectivity index is 1.29. The monoisotopic (exact) mass is 438 g/mol. The molecule has 168 valence electrons. The predicted molar refractivity (Wildman–Crippen MR) is 118 cm³/mol. The Morgan fingerprint density at radius 2 is 1.78 bits per heavy atom. The van der Waals surface area contributed by atoms with E-state index in [1.54, 1.807) is 24.3 Å². The number of carbonyl (C=O) groups excluding carboxylic acids is 2. The second-order valence-corrected chi connectivity index (χ2v) is 8.74. The molecule has 0 spiro atoms. The van der Waals surface area contributed by atoms with Crippen LogP contribution >= 0.6 is 0 Å². The Bertz CT molecular complexity index is 1010. The van der Waals surface area contributed by atoms with E-state index in [1.165, 1.54) is 6.20 Å². The summed E-state index contributed by atoms with van der Waals surface area (Å²) in [5, 5.41) is 5.84. The first kappa shape index (κ1) is 20.7. The van der Waals surface area contributed by atoms with Gasteiger partial charge >= 0.3 is 0 Å². The van der Waals surface area contributed by atoms with Crippen LogP contribution in [-0.2, 0) is 4.79 Å². The topological polar surface area (TPSA) is 90.5 Å². The van der Waals surface area contributed by atoms with Gasteiger partial charge in [0.25, 0.3) is 5.91 Å². The quantitative estimate of drug-likeness (QED) is 0.721. The van der Waals surface area contributed by atoms with Crippen LogP contribution in [0.15, 0.2) is 30.5 Å². The molecule has 3 heterocycles. The van der Waals surface area contributed by atoms with E-state index in [9.17, 15) is 14.0 Å². The fraction of sp³-hybridized carbons (Fsp3) is 0.478. The van der Waals surface area contributed by atoms with Crippen molar-refractivity contribution < 1.29 is 14.0 Å². The first-order valence-electron chi connectivity index (χ1n) is 11.3. The van der Waals surface area contributed by atoms with Crippen LogP contribution in [0.1, 0.15) is 43.0 Å². The molecule has 3 aliphatic rings. The molecule has 2 amide bonds. The Labute approximate surface area is 186 Å². The smallest absolute Gasteiger partial charge is 0.251 e. The van der Waals surface area contributed by atoms with Gasteiger partial charge in [-0.2, -0.15) is 4.98 Å². The van der Waals surface area contributed by atoms with Crippen molar-refractivity contribution in [3.05, 3.63) is 41.8 Å². The van der Waals surface area contributed by atoms with Gasteiger partial charge in [0.15, 0.2) is 11.6 Å². The van der Waals surface area contributed by atoms with Crippen molar-refractivity contribution in [1.29, 1.82) is 0 Å². The van der Waals surface area contributed by atoms with Crippen molar-refractivity contribution >= 4 is 29.3 Å². The highest BCUT2D eigenvalue weighted by Gasteiger charge is 2.47. The molecule has 2 saturated heterocycles. The number of carbonyl (C=O) groups is 2. The van der Waals surface area contributed by atoms with E-state index < -0.39 is 5.82 Å². The summed E-state index contributed by atoms with van der Waals surface area (Å²) in [6.07, 6.45) is 5.08. The van der Waals surface area contributed by atoms with Crippen molar-refractivity contribution in [1.82, 2.24) is 20.2 Å². The summed E-state index contributed by atoms with van der Waals surface area (Å²) < 4.78 is 14.7. The number of anilines is 3. The van der Waals surface area contributed by atoms with E-state index in [2.05, 4.69) is 25.5 Å². The van der Waals surface area contributed by atoms with Gasteiger partial charge in [-0.1, -0.05) is 0 Å². The van der Waals surface area contributed by atoms with Gasteiger partial charge in [0.05, 0.1) is 6.20 Å². The summed E-state index contributed by atoms with van der Waals surface area (Å²) in [6, 6.07) is 7.19. The number of hydrogen-bond donors (Lipinski definition) is 2. The minimum absolute atomic E-state index is 0.120. The molecule has 1 saturated carbocycles. The maximum Gasteiger partial charge on any atom is 0.251 e. The summed E-state index contributed by atoms with van der Waals surface area (Å²) in [4.78, 5) is 37.1. The summed E-state index contributed by atoms with van der Waals surface area (Å²) in [5.41, 5.74) is 1.27. The molecule has 2 bridgehead atoms. The van der Waals surface area contributed by atoms with Crippen molar-refractivity contribution in [2.45, 2.75) is 44.7 Å². The number of hydrogen-bond acceptors (Lipinski definition) is 6. The van der Waals surface area contributed by atoms with Crippen molar-refractivity contribution in [3.63, 3.8) is 0 Å². The molecule has 5 rings (SSSR count). The zero-order chi connectivity index (χ0) is 22.2. The molecule has 32 heavy (non-hydrogen) atoms. The number of piperazine rings is 1. The maximum absolute atomic E-state index is 14.7. The molecule has 2 N–H and O–H groups in total. The number of aromatic nitrogens is 2. The lowest BCUT2D eigenvalue weighted by Crippen LogP contribution is -2.56. The fourth-order valence-electron chi connectivity index (χ4n) is 4.71. The van der Waals surface area contributed by atoms with Gasteiger partial charge < -0.3 is 20.4 Å². The SMILES string of the molecule is CCNC(=O)c1ccc(Nc2ncc(F)c(N3CC4CCC(C3)N4C(=O)C3CC3)n2)cc1. The lowest BCUT2D eigenvalue weighted by atomic mass is 10.1. The molecular weight excluding hydrogens is 411 g/mol. The van der Waals surface area contributed by atoms with Gasteiger partial charge in [-0.15, -0.1) is 0 Å². The van der Waals surface area contributed by atoms with Crippen molar-refractivity contribution in [2.24, 2.45) is 5.92 Å². The van der Waals surface area contributed by atoms with E-state index in [0.717, 1.165) is 25.7 Å². The Morgan fingerprint density at radius 1 is 1.09 bits per heavy atom. The van der Waals surface area contributed by atoms with E-state index in [1.807, 2.05) is 11.8 Å². The van der Waals surface area contributed by atoms with Crippen LogP contribution < -0.4 is 15.5 Å². The zero-order valence-corrected chi connectivity index (χ0v) is 18.1. The number of benzene rings is 1. The molecule has 2 aromatic rings. The number of rotatable bonds is 6. The lowest BCUT2D eigenvalue weighted by molar-refractivity contribution is -0.135. The first-order valence-corrected chi connectivity index (χ1v) is 11.3. The number of fused-ring (bicyclic) bond motifs is 2. The van der Waals surface area contributed by atoms with Gasteiger partial charge in [0, 0.05) is 48.9 Å². The Morgan fingerprint density at radius 3 is 2.41 bits per heavy atom. The summed E-state index contributed by atoms with van der Waals surface area (Å²) >= 11 is 0. The summed E-state index contributed by atoms with van der Waals surface area (Å²) in [7, 11) is 0. The van der Waals surface area contributed by atoms with Crippen LogP contribution in [-0.4, -0.2) is 58.4 Å². The number of amides is 2. The summed E-state index contributed by atoms with van der Waals surface area (Å²) in [6.45, 7) is 3.61. The number of nitrogens with zero attached hydrogens (tertiary/aromatic N) is 4. The third-order valence-electron chi connectivity index (χ3n) is 6.43. The zero-order valence-electron chi connectivity index (χ0n) is 18.1. The molecule has 9 heteroatoms. The van der Waals surface area contributed by atoms with Crippen molar-refractivity contribution in [3.8, 4) is 0 Å². The van der Waals surface area contributed by atoms with Crippen LogP contribution in [0.2, 0.25) is 0 Å². The lowest BCUT2D eigenvalue weighted by Gasteiger charge is -2.41. The van der Waals surface area contributed by atoms with E-state index in [0.29, 0.717) is 30.9 Å². The van der Waals surface area contributed by atoms with Gasteiger partial charge in [0.1, 0.15) is 0 Å². The molecule has 1 aromatic heterocycles. The van der Waals surface area contributed by atoms with E-state index >= 15 is 0 Å². The minimum atomic E-state index is -0.469. The van der Waals surface area contributed by atoms with Gasteiger partial charge in [-0.25, -0.2) is 9.37 Å². The second-order valence-electron chi connectivity index (χ2n) is 8.74.